The Morgan fingerprint density at radius 3 is 2.83 bits per heavy atom. The number of benzene rings is 2. The Morgan fingerprint density at radius 2 is 2.07 bits per heavy atom. The van der Waals surface area contributed by atoms with Crippen molar-refractivity contribution in [2.75, 3.05) is 13.3 Å². The van der Waals surface area contributed by atoms with Gasteiger partial charge in [0.05, 0.1) is 18.0 Å². The van der Waals surface area contributed by atoms with Gasteiger partial charge in [-0.2, -0.15) is 0 Å². The summed E-state index contributed by atoms with van der Waals surface area (Å²) in [5.41, 5.74) is 2.18. The van der Waals surface area contributed by atoms with Crippen LogP contribution in [0.25, 0.3) is 0 Å². The molecule has 152 valence electrons. The summed E-state index contributed by atoms with van der Waals surface area (Å²) in [6.07, 6.45) is -0.0291. The van der Waals surface area contributed by atoms with E-state index < -0.39 is 10.9 Å². The summed E-state index contributed by atoms with van der Waals surface area (Å²) >= 11 is 0. The van der Waals surface area contributed by atoms with Crippen LogP contribution in [-0.2, 0) is 27.5 Å². The van der Waals surface area contributed by atoms with Crippen LogP contribution in [-0.4, -0.2) is 30.1 Å². The molecule has 3 rings (SSSR count). The first-order valence-electron chi connectivity index (χ1n) is 8.96. The van der Waals surface area contributed by atoms with Gasteiger partial charge in [-0.05, 0) is 18.6 Å². The molecule has 0 aliphatic carbocycles. The van der Waals surface area contributed by atoms with E-state index in [2.05, 4.69) is 5.32 Å². The van der Waals surface area contributed by atoms with E-state index in [0.29, 0.717) is 22.4 Å². The number of hydrogen-bond acceptors (Lipinski definition) is 7. The topological polar surface area (TPSA) is 117 Å². The Bertz CT molecular complexity index is 942. The number of hydrogen-bond donors (Lipinski definition) is 1. The largest absolute Gasteiger partial charge is 0.467 e. The number of esters is 1. The Balaban J connectivity index is 1.54. The van der Waals surface area contributed by atoms with Gasteiger partial charge in [-0.3, -0.25) is 19.7 Å². The quantitative estimate of drug-likeness (QED) is 0.431. The van der Waals surface area contributed by atoms with E-state index in [1.165, 1.54) is 12.1 Å². The third-order valence-electron chi connectivity index (χ3n) is 4.38. The van der Waals surface area contributed by atoms with Crippen molar-refractivity contribution in [2.24, 2.45) is 0 Å². The lowest BCUT2D eigenvalue weighted by atomic mass is 10.1. The first kappa shape index (κ1) is 20.3. The summed E-state index contributed by atoms with van der Waals surface area (Å²) in [4.78, 5) is 34.7. The van der Waals surface area contributed by atoms with E-state index in [4.69, 9.17) is 14.2 Å². The predicted molar refractivity (Wildman–Crippen MR) is 101 cm³/mol. The third kappa shape index (κ3) is 5.08. The molecule has 0 spiro atoms. The lowest BCUT2D eigenvalue weighted by Crippen LogP contribution is -2.27. The number of amides is 1. The molecule has 2 aromatic rings. The van der Waals surface area contributed by atoms with Gasteiger partial charge in [0, 0.05) is 35.4 Å². The molecule has 1 N–H and O–H groups in total. The molecule has 9 heteroatoms. The number of nitrogens with zero attached hydrogens (tertiary/aromatic N) is 1. The molecule has 0 saturated carbocycles. The second-order valence-corrected chi connectivity index (χ2v) is 6.44. The highest BCUT2D eigenvalue weighted by Gasteiger charge is 2.21. The minimum absolute atomic E-state index is 0.0245. The van der Waals surface area contributed by atoms with Gasteiger partial charge in [0.2, 0.25) is 0 Å². The zero-order chi connectivity index (χ0) is 20.8. The summed E-state index contributed by atoms with van der Waals surface area (Å²) in [6.45, 7) is 1.98. The van der Waals surface area contributed by atoms with Crippen molar-refractivity contribution in [1.82, 2.24) is 5.32 Å². The molecule has 0 bridgehead atoms. The van der Waals surface area contributed by atoms with Crippen LogP contribution in [0, 0.1) is 17.0 Å². The normalized spacial score (nSPS) is 12.4. The summed E-state index contributed by atoms with van der Waals surface area (Å²) in [7, 11) is 0. The van der Waals surface area contributed by atoms with Crippen molar-refractivity contribution in [1.29, 1.82) is 0 Å². The van der Waals surface area contributed by atoms with Crippen LogP contribution in [0.4, 0.5) is 5.69 Å². The lowest BCUT2D eigenvalue weighted by Gasteiger charge is -2.20. The zero-order valence-corrected chi connectivity index (χ0v) is 15.8. The number of carbonyl (C=O) groups is 2. The van der Waals surface area contributed by atoms with Crippen molar-refractivity contribution in [2.45, 2.75) is 26.6 Å². The van der Waals surface area contributed by atoms with Gasteiger partial charge in [-0.15, -0.1) is 0 Å². The molecular formula is C20H20N2O7. The molecule has 0 aromatic heterocycles. The van der Waals surface area contributed by atoms with E-state index in [1.54, 1.807) is 12.1 Å². The summed E-state index contributed by atoms with van der Waals surface area (Å²) < 4.78 is 15.7. The van der Waals surface area contributed by atoms with Gasteiger partial charge in [-0.25, -0.2) is 0 Å². The zero-order valence-electron chi connectivity index (χ0n) is 15.8. The average Bonchev–Trinajstić information content (AvgIpc) is 2.72. The van der Waals surface area contributed by atoms with Gasteiger partial charge in [0.1, 0.15) is 12.4 Å². The van der Waals surface area contributed by atoms with E-state index in [-0.39, 0.29) is 44.6 Å². The number of nitrogens with one attached hydrogen (secondary N) is 1. The standard InChI is InChI=1S/C20H20N2O7/c1-13-4-2-3-5-17(13)20(24)21-7-6-18(23)28-11-15-9-16(22(25)26)8-14-10-27-12-29-19(14)15/h2-5,8-9H,6-7,10-12H2,1H3,(H,21,24). The van der Waals surface area contributed by atoms with Crippen LogP contribution in [0.5, 0.6) is 5.75 Å². The molecule has 1 heterocycles. The van der Waals surface area contributed by atoms with Crippen LogP contribution in [0.2, 0.25) is 0 Å². The van der Waals surface area contributed by atoms with Gasteiger partial charge >= 0.3 is 5.97 Å². The molecule has 1 amide bonds. The molecule has 29 heavy (non-hydrogen) atoms. The number of aryl methyl sites for hydroxylation is 1. The fourth-order valence-corrected chi connectivity index (χ4v) is 2.92. The molecule has 0 fully saturated rings. The minimum atomic E-state index is -0.539. The molecule has 2 aromatic carbocycles. The van der Waals surface area contributed by atoms with E-state index in [1.807, 2.05) is 19.1 Å². The van der Waals surface area contributed by atoms with Crippen LogP contribution in [0.3, 0.4) is 0 Å². The maximum Gasteiger partial charge on any atom is 0.307 e. The van der Waals surface area contributed by atoms with Gasteiger partial charge < -0.3 is 19.5 Å². The number of ether oxygens (including phenoxy) is 3. The molecule has 0 saturated heterocycles. The third-order valence-corrected chi connectivity index (χ3v) is 4.38. The predicted octanol–water partition coefficient (Wildman–Crippen LogP) is 2.63. The van der Waals surface area contributed by atoms with Crippen molar-refractivity contribution in [3.63, 3.8) is 0 Å². The number of nitro groups is 1. The fourth-order valence-electron chi connectivity index (χ4n) is 2.92. The van der Waals surface area contributed by atoms with Crippen molar-refractivity contribution in [3.8, 4) is 5.75 Å². The van der Waals surface area contributed by atoms with E-state index >= 15 is 0 Å². The Hall–Kier alpha value is -3.46. The maximum atomic E-state index is 12.1. The highest BCUT2D eigenvalue weighted by atomic mass is 16.7. The molecule has 1 aliphatic heterocycles. The maximum absolute atomic E-state index is 12.1. The summed E-state index contributed by atoms with van der Waals surface area (Å²) in [6, 6.07) is 9.83. The number of fused-ring (bicyclic) bond motifs is 1. The number of non-ortho nitro benzene ring substituents is 1. The molecule has 0 radical (unpaired) electrons. The first-order chi connectivity index (χ1) is 14.0. The van der Waals surface area contributed by atoms with E-state index in [0.717, 1.165) is 5.56 Å². The molecule has 9 nitrogen and oxygen atoms in total. The van der Waals surface area contributed by atoms with Gasteiger partial charge in [0.25, 0.3) is 11.6 Å². The van der Waals surface area contributed by atoms with E-state index in [9.17, 15) is 19.7 Å². The SMILES string of the molecule is Cc1ccccc1C(=O)NCCC(=O)OCc1cc([N+](=O)[O-])cc2c1OCOC2. The monoisotopic (exact) mass is 400 g/mol. The minimum Gasteiger partial charge on any atom is -0.467 e. The smallest absolute Gasteiger partial charge is 0.307 e. The van der Waals surface area contributed by atoms with Crippen LogP contribution >= 0.6 is 0 Å². The number of rotatable bonds is 7. The highest BCUT2D eigenvalue weighted by molar-refractivity contribution is 5.95. The number of carbonyl (C=O) groups excluding carboxylic acids is 2. The van der Waals surface area contributed by atoms with Crippen molar-refractivity contribution in [3.05, 3.63) is 68.8 Å². The summed E-state index contributed by atoms with van der Waals surface area (Å²) in [5.74, 6) is -0.373. The summed E-state index contributed by atoms with van der Waals surface area (Å²) in [5, 5.41) is 13.8. The number of nitro benzene ring substituents is 1. The molecule has 0 unspecified atom stereocenters. The average molecular weight is 400 g/mol. The van der Waals surface area contributed by atoms with Crippen molar-refractivity contribution < 1.29 is 28.7 Å². The van der Waals surface area contributed by atoms with Crippen LogP contribution in [0.15, 0.2) is 36.4 Å². The second-order valence-electron chi connectivity index (χ2n) is 6.44. The van der Waals surface area contributed by atoms with Crippen LogP contribution < -0.4 is 10.1 Å². The molecule has 1 aliphatic rings. The van der Waals surface area contributed by atoms with Crippen molar-refractivity contribution >= 4 is 17.6 Å². The van der Waals surface area contributed by atoms with Gasteiger partial charge in [-0.1, -0.05) is 18.2 Å². The Kier molecular flexibility index (Phi) is 6.40. The van der Waals surface area contributed by atoms with Gasteiger partial charge in [0.15, 0.2) is 6.79 Å². The van der Waals surface area contributed by atoms with Crippen LogP contribution in [0.1, 0.15) is 33.5 Å². The highest BCUT2D eigenvalue weighted by Crippen LogP contribution is 2.33. The molecular weight excluding hydrogens is 380 g/mol. The molecule has 0 atom stereocenters. The second kappa shape index (κ2) is 9.16. The Morgan fingerprint density at radius 1 is 1.28 bits per heavy atom. The lowest BCUT2D eigenvalue weighted by molar-refractivity contribution is -0.385. The fraction of sp³-hybridized carbons (Fsp3) is 0.300. The Labute approximate surface area is 166 Å². The first-order valence-corrected chi connectivity index (χ1v) is 8.96.